The van der Waals surface area contributed by atoms with Crippen LogP contribution in [0.2, 0.25) is 0 Å². The van der Waals surface area contributed by atoms with E-state index >= 15 is 0 Å². The van der Waals surface area contributed by atoms with Gasteiger partial charge in [0.05, 0.1) is 5.41 Å². The molecule has 0 spiro atoms. The summed E-state index contributed by atoms with van der Waals surface area (Å²) in [5, 5.41) is 9.15. The van der Waals surface area contributed by atoms with Crippen molar-refractivity contribution in [3.05, 3.63) is 0 Å². The first kappa shape index (κ1) is 9.96. The summed E-state index contributed by atoms with van der Waals surface area (Å²) >= 11 is 3.22. The number of nitrogens with two attached hydrogens (primary N) is 1. The number of carbonyl (C=O) groups is 2. The molecule has 0 aliphatic heterocycles. The van der Waals surface area contributed by atoms with Crippen LogP contribution < -0.4 is 5.73 Å². The van der Waals surface area contributed by atoms with Crippen molar-refractivity contribution >= 4 is 27.8 Å². The lowest BCUT2D eigenvalue weighted by Gasteiger charge is -2.36. The Bertz CT molecular complexity index is 317. The molecule has 0 saturated heterocycles. The third-order valence-corrected chi connectivity index (χ3v) is 5.18. The van der Waals surface area contributed by atoms with Gasteiger partial charge in [-0.1, -0.05) is 15.9 Å². The number of carbonyl (C=O) groups excluding carboxylic acids is 1. The quantitative estimate of drug-likeness (QED) is 0.725. The van der Waals surface area contributed by atoms with Gasteiger partial charge in [0.1, 0.15) is 4.32 Å². The van der Waals surface area contributed by atoms with Crippen LogP contribution in [0, 0.1) is 11.3 Å². The number of alkyl halides is 1. The van der Waals surface area contributed by atoms with E-state index in [-0.39, 0.29) is 0 Å². The molecule has 0 aromatic rings. The molecule has 2 fully saturated rings. The summed E-state index contributed by atoms with van der Waals surface area (Å²) in [7, 11) is 0. The molecule has 3 unspecified atom stereocenters. The Hall–Kier alpha value is -0.580. The van der Waals surface area contributed by atoms with Crippen molar-refractivity contribution in [1.82, 2.24) is 0 Å². The van der Waals surface area contributed by atoms with Crippen molar-refractivity contribution in [2.24, 2.45) is 17.1 Å². The minimum Gasteiger partial charge on any atom is -0.480 e. The Balaban J connectivity index is 2.46. The van der Waals surface area contributed by atoms with Gasteiger partial charge in [0, 0.05) is 0 Å². The first-order valence-corrected chi connectivity index (χ1v) is 5.44. The van der Waals surface area contributed by atoms with E-state index in [1.807, 2.05) is 0 Å². The van der Waals surface area contributed by atoms with Crippen LogP contribution in [0.4, 0.5) is 0 Å². The van der Waals surface area contributed by atoms with Gasteiger partial charge in [-0.3, -0.25) is 9.59 Å². The van der Waals surface area contributed by atoms with Crippen LogP contribution in [0.3, 0.4) is 0 Å². The van der Waals surface area contributed by atoms with Crippen LogP contribution in [-0.2, 0) is 9.59 Å². The van der Waals surface area contributed by atoms with E-state index in [1.54, 1.807) is 0 Å². The largest absolute Gasteiger partial charge is 0.480 e. The lowest BCUT2D eigenvalue weighted by molar-refractivity contribution is -0.147. The number of aliphatic carboxylic acids is 1. The first-order valence-electron chi connectivity index (χ1n) is 4.64. The van der Waals surface area contributed by atoms with Gasteiger partial charge in [-0.15, -0.1) is 0 Å². The van der Waals surface area contributed by atoms with Crippen LogP contribution in [0.25, 0.3) is 0 Å². The number of primary amides is 1. The predicted molar refractivity (Wildman–Crippen MR) is 52.9 cm³/mol. The van der Waals surface area contributed by atoms with Crippen LogP contribution in [0.5, 0.6) is 0 Å². The maximum Gasteiger partial charge on any atom is 0.321 e. The molecular formula is C9H12BrNO3. The lowest BCUT2D eigenvalue weighted by Crippen LogP contribution is -2.53. The van der Waals surface area contributed by atoms with E-state index in [9.17, 15) is 9.59 Å². The molecule has 14 heavy (non-hydrogen) atoms. The number of hydrogen-bond donors (Lipinski definition) is 2. The Morgan fingerprint density at radius 3 is 2.43 bits per heavy atom. The van der Waals surface area contributed by atoms with Gasteiger partial charge >= 0.3 is 5.97 Å². The highest BCUT2D eigenvalue weighted by Gasteiger charge is 2.67. The molecule has 3 N–H and O–H groups in total. The number of amides is 1. The van der Waals surface area contributed by atoms with Gasteiger partial charge in [0.25, 0.3) is 0 Å². The molecule has 2 saturated carbocycles. The third kappa shape index (κ3) is 0.935. The second kappa shape index (κ2) is 2.72. The monoisotopic (exact) mass is 261 g/mol. The van der Waals surface area contributed by atoms with Crippen molar-refractivity contribution in [2.75, 3.05) is 0 Å². The zero-order chi connectivity index (χ0) is 10.6. The van der Waals surface area contributed by atoms with E-state index in [1.165, 1.54) is 0 Å². The average Bonchev–Trinajstić information content (AvgIpc) is 2.60. The molecule has 0 heterocycles. The second-order valence-corrected chi connectivity index (χ2v) is 5.72. The summed E-state index contributed by atoms with van der Waals surface area (Å²) in [6.07, 6.45) is 2.67. The number of halogens is 1. The van der Waals surface area contributed by atoms with Crippen molar-refractivity contribution in [2.45, 2.75) is 30.0 Å². The van der Waals surface area contributed by atoms with Crippen LogP contribution in [-0.4, -0.2) is 21.3 Å². The molecule has 2 rings (SSSR count). The van der Waals surface area contributed by atoms with E-state index in [2.05, 4.69) is 15.9 Å². The zero-order valence-electron chi connectivity index (χ0n) is 7.62. The van der Waals surface area contributed by atoms with E-state index in [0.29, 0.717) is 25.2 Å². The van der Waals surface area contributed by atoms with Gasteiger partial charge in [-0.05, 0) is 31.6 Å². The van der Waals surface area contributed by atoms with Crippen LogP contribution in [0.1, 0.15) is 25.7 Å². The summed E-state index contributed by atoms with van der Waals surface area (Å²) in [6, 6.07) is 0. The molecule has 0 aromatic carbocycles. The SMILES string of the molecule is NC(=O)C12CCC(CC1(Br)C(=O)O)C2. The first-order chi connectivity index (χ1) is 6.42. The summed E-state index contributed by atoms with van der Waals surface area (Å²) in [5.74, 6) is -1.10. The highest BCUT2D eigenvalue weighted by Crippen LogP contribution is 2.63. The predicted octanol–water partition coefficient (Wildman–Crippen LogP) is 0.880. The third-order valence-electron chi connectivity index (χ3n) is 3.76. The number of fused-ring (bicyclic) bond motifs is 2. The smallest absolute Gasteiger partial charge is 0.321 e. The van der Waals surface area contributed by atoms with Gasteiger partial charge in [-0.25, -0.2) is 0 Å². The molecule has 0 aromatic heterocycles. The summed E-state index contributed by atoms with van der Waals surface area (Å²) < 4.78 is -1.12. The fourth-order valence-electron chi connectivity index (χ4n) is 2.99. The molecule has 3 atom stereocenters. The molecule has 4 nitrogen and oxygen atoms in total. The highest BCUT2D eigenvalue weighted by molar-refractivity contribution is 9.10. The summed E-state index contributed by atoms with van der Waals surface area (Å²) in [6.45, 7) is 0. The molecule has 1 amide bonds. The number of hydrogen-bond acceptors (Lipinski definition) is 2. The standard InChI is InChI=1S/C9H12BrNO3/c10-9(7(13)14)4-5-1-2-8(9,3-5)6(11)12/h5H,1-4H2,(H2,11,12)(H,13,14). The Kier molecular flexibility index (Phi) is 1.93. The van der Waals surface area contributed by atoms with Crippen LogP contribution >= 0.6 is 15.9 Å². The normalized spacial score (nSPS) is 45.4. The highest BCUT2D eigenvalue weighted by atomic mass is 79.9. The Morgan fingerprint density at radius 1 is 1.43 bits per heavy atom. The maximum atomic E-state index is 11.4. The van der Waals surface area contributed by atoms with Gasteiger partial charge in [0.2, 0.25) is 5.91 Å². The van der Waals surface area contributed by atoms with Crippen molar-refractivity contribution in [3.63, 3.8) is 0 Å². The molecular weight excluding hydrogens is 250 g/mol. The molecule has 2 aliphatic rings. The lowest BCUT2D eigenvalue weighted by atomic mass is 9.74. The van der Waals surface area contributed by atoms with E-state index in [0.717, 1.165) is 6.42 Å². The summed E-state index contributed by atoms with van der Waals surface area (Å²) in [5.41, 5.74) is 4.49. The van der Waals surface area contributed by atoms with Crippen molar-refractivity contribution in [3.8, 4) is 0 Å². The molecule has 2 bridgehead atoms. The topological polar surface area (TPSA) is 80.4 Å². The number of carboxylic acid groups (broad SMARTS) is 1. The molecule has 78 valence electrons. The zero-order valence-corrected chi connectivity index (χ0v) is 9.21. The molecule has 2 aliphatic carbocycles. The van der Waals surface area contributed by atoms with Gasteiger partial charge < -0.3 is 10.8 Å². The fourth-order valence-corrected chi connectivity index (χ4v) is 4.00. The van der Waals surface area contributed by atoms with E-state index < -0.39 is 21.6 Å². The van der Waals surface area contributed by atoms with Crippen LogP contribution in [0.15, 0.2) is 0 Å². The Labute approximate surface area is 90.0 Å². The van der Waals surface area contributed by atoms with Gasteiger partial charge in [-0.2, -0.15) is 0 Å². The minimum atomic E-state index is -1.12. The fraction of sp³-hybridized carbons (Fsp3) is 0.778. The van der Waals surface area contributed by atoms with E-state index in [4.69, 9.17) is 10.8 Å². The minimum absolute atomic E-state index is 0.331. The van der Waals surface area contributed by atoms with Gasteiger partial charge in [0.15, 0.2) is 0 Å². The second-order valence-electron chi connectivity index (χ2n) is 4.37. The number of rotatable bonds is 2. The maximum absolute atomic E-state index is 11.4. The average molecular weight is 262 g/mol. The molecule has 0 radical (unpaired) electrons. The summed E-state index contributed by atoms with van der Waals surface area (Å²) in [4.78, 5) is 22.6. The van der Waals surface area contributed by atoms with Crippen molar-refractivity contribution < 1.29 is 14.7 Å². The molecule has 5 heteroatoms. The number of carboxylic acids is 1. The Morgan fingerprint density at radius 2 is 2.07 bits per heavy atom. The van der Waals surface area contributed by atoms with Crippen molar-refractivity contribution in [1.29, 1.82) is 0 Å².